The lowest BCUT2D eigenvalue weighted by molar-refractivity contribution is 0.0376. The van der Waals surface area contributed by atoms with Gasteiger partial charge in [0.25, 0.3) is 0 Å². The molecule has 2 unspecified atom stereocenters. The predicted molar refractivity (Wildman–Crippen MR) is 48.9 cm³/mol. The zero-order valence-corrected chi connectivity index (χ0v) is 8.42. The van der Waals surface area contributed by atoms with Crippen LogP contribution in [0.1, 0.15) is 27.7 Å². The standard InChI is InChI=1S/C9H21NO/c1-6-10(7-2)8(3)9(4)11-5/h8-9H,6-7H2,1-5H3. The summed E-state index contributed by atoms with van der Waals surface area (Å²) in [6.07, 6.45) is 0.329. The van der Waals surface area contributed by atoms with E-state index in [4.69, 9.17) is 4.74 Å². The van der Waals surface area contributed by atoms with Gasteiger partial charge >= 0.3 is 0 Å². The van der Waals surface area contributed by atoms with Crippen molar-refractivity contribution in [3.8, 4) is 0 Å². The summed E-state index contributed by atoms with van der Waals surface area (Å²) in [7, 11) is 1.77. The minimum Gasteiger partial charge on any atom is -0.380 e. The van der Waals surface area contributed by atoms with E-state index in [0.29, 0.717) is 12.1 Å². The normalized spacial score (nSPS) is 16.9. The lowest BCUT2D eigenvalue weighted by Gasteiger charge is -2.30. The third-order valence-electron chi connectivity index (χ3n) is 2.44. The maximum absolute atomic E-state index is 5.25. The van der Waals surface area contributed by atoms with Crippen molar-refractivity contribution in [3.05, 3.63) is 0 Å². The van der Waals surface area contributed by atoms with Crippen LogP contribution in [0.4, 0.5) is 0 Å². The summed E-state index contributed by atoms with van der Waals surface area (Å²) in [4.78, 5) is 2.40. The highest BCUT2D eigenvalue weighted by molar-refractivity contribution is 4.70. The highest BCUT2D eigenvalue weighted by Gasteiger charge is 2.16. The molecule has 11 heavy (non-hydrogen) atoms. The van der Waals surface area contributed by atoms with Crippen LogP contribution >= 0.6 is 0 Å². The van der Waals surface area contributed by atoms with Crippen LogP contribution in [-0.2, 0) is 4.74 Å². The van der Waals surface area contributed by atoms with E-state index in [1.165, 1.54) is 0 Å². The molecule has 0 saturated carbocycles. The van der Waals surface area contributed by atoms with Crippen LogP contribution in [0.3, 0.4) is 0 Å². The molecule has 2 atom stereocenters. The van der Waals surface area contributed by atoms with Crippen molar-refractivity contribution in [2.75, 3.05) is 20.2 Å². The number of ether oxygens (including phenoxy) is 1. The molecule has 0 amide bonds. The van der Waals surface area contributed by atoms with Gasteiger partial charge in [0.1, 0.15) is 0 Å². The maximum atomic E-state index is 5.25. The smallest absolute Gasteiger partial charge is 0.0695 e. The van der Waals surface area contributed by atoms with Crippen LogP contribution in [0.15, 0.2) is 0 Å². The summed E-state index contributed by atoms with van der Waals surface area (Å²) in [5.41, 5.74) is 0. The van der Waals surface area contributed by atoms with Crippen LogP contribution in [0, 0.1) is 0 Å². The third-order valence-corrected chi connectivity index (χ3v) is 2.44. The number of rotatable bonds is 5. The maximum Gasteiger partial charge on any atom is 0.0695 e. The van der Waals surface area contributed by atoms with E-state index in [1.54, 1.807) is 7.11 Å². The number of methoxy groups -OCH3 is 1. The molecule has 0 spiro atoms. The predicted octanol–water partition coefficient (Wildman–Crippen LogP) is 1.75. The summed E-state index contributed by atoms with van der Waals surface area (Å²) in [5.74, 6) is 0. The largest absolute Gasteiger partial charge is 0.380 e. The van der Waals surface area contributed by atoms with Crippen LogP contribution in [0.2, 0.25) is 0 Å². The molecule has 0 aromatic heterocycles. The minimum absolute atomic E-state index is 0.329. The molecule has 0 heterocycles. The molecule has 0 aromatic carbocycles. The Labute approximate surface area is 70.5 Å². The van der Waals surface area contributed by atoms with Crippen molar-refractivity contribution < 1.29 is 4.74 Å². The topological polar surface area (TPSA) is 12.5 Å². The molecule has 0 aliphatic carbocycles. The highest BCUT2D eigenvalue weighted by Crippen LogP contribution is 2.05. The van der Waals surface area contributed by atoms with E-state index in [2.05, 4.69) is 32.6 Å². The van der Waals surface area contributed by atoms with Gasteiger partial charge in [-0.25, -0.2) is 0 Å². The van der Waals surface area contributed by atoms with E-state index < -0.39 is 0 Å². The van der Waals surface area contributed by atoms with Gasteiger partial charge in [-0.3, -0.25) is 4.90 Å². The summed E-state index contributed by atoms with van der Waals surface area (Å²) in [5, 5.41) is 0. The first kappa shape index (κ1) is 10.9. The summed E-state index contributed by atoms with van der Waals surface area (Å²) in [6.45, 7) is 10.9. The van der Waals surface area contributed by atoms with Crippen molar-refractivity contribution in [2.45, 2.75) is 39.8 Å². The van der Waals surface area contributed by atoms with Crippen molar-refractivity contribution >= 4 is 0 Å². The SMILES string of the molecule is CCN(CC)C(C)C(C)OC. The number of hydrogen-bond acceptors (Lipinski definition) is 2. The van der Waals surface area contributed by atoms with E-state index in [0.717, 1.165) is 13.1 Å². The lowest BCUT2D eigenvalue weighted by atomic mass is 10.2. The molecule has 0 saturated heterocycles. The number of nitrogens with zero attached hydrogens (tertiary/aromatic N) is 1. The first-order valence-electron chi connectivity index (χ1n) is 4.44. The number of likely N-dealkylation sites (N-methyl/N-ethyl adjacent to an activating group) is 1. The van der Waals surface area contributed by atoms with E-state index in [-0.39, 0.29) is 0 Å². The Morgan fingerprint density at radius 3 is 1.91 bits per heavy atom. The molecule has 0 fully saturated rings. The quantitative estimate of drug-likeness (QED) is 0.606. The van der Waals surface area contributed by atoms with Gasteiger partial charge in [-0.2, -0.15) is 0 Å². The number of hydrogen-bond donors (Lipinski definition) is 0. The molecule has 2 nitrogen and oxygen atoms in total. The second-order valence-corrected chi connectivity index (χ2v) is 2.90. The van der Waals surface area contributed by atoms with Crippen LogP contribution in [0.5, 0.6) is 0 Å². The molecule has 0 radical (unpaired) electrons. The van der Waals surface area contributed by atoms with E-state index >= 15 is 0 Å². The lowest BCUT2D eigenvalue weighted by Crippen LogP contribution is -2.40. The van der Waals surface area contributed by atoms with Crippen molar-refractivity contribution in [1.82, 2.24) is 4.90 Å². The van der Waals surface area contributed by atoms with Gasteiger partial charge in [0.2, 0.25) is 0 Å². The third kappa shape index (κ3) is 3.21. The van der Waals surface area contributed by atoms with Gasteiger partial charge in [-0.15, -0.1) is 0 Å². The Hall–Kier alpha value is -0.0800. The Kier molecular flexibility index (Phi) is 5.51. The molecular formula is C9H21NO. The van der Waals surface area contributed by atoms with Gasteiger partial charge in [0.15, 0.2) is 0 Å². The van der Waals surface area contributed by atoms with Gasteiger partial charge in [-0.05, 0) is 26.9 Å². The average Bonchev–Trinajstić information content (AvgIpc) is 2.05. The minimum atomic E-state index is 0.329. The molecule has 0 aliphatic heterocycles. The first-order chi connectivity index (χ1) is 5.17. The van der Waals surface area contributed by atoms with Crippen LogP contribution in [-0.4, -0.2) is 37.2 Å². The van der Waals surface area contributed by atoms with Gasteiger partial charge < -0.3 is 4.74 Å². The molecule has 0 aliphatic rings. The second-order valence-electron chi connectivity index (χ2n) is 2.90. The zero-order valence-electron chi connectivity index (χ0n) is 8.42. The molecule has 0 rings (SSSR count). The van der Waals surface area contributed by atoms with Crippen molar-refractivity contribution in [1.29, 1.82) is 0 Å². The zero-order chi connectivity index (χ0) is 8.85. The van der Waals surface area contributed by atoms with Crippen LogP contribution < -0.4 is 0 Å². The van der Waals surface area contributed by atoms with Gasteiger partial charge in [-0.1, -0.05) is 13.8 Å². The average molecular weight is 159 g/mol. The molecule has 0 N–H and O–H groups in total. The fourth-order valence-electron chi connectivity index (χ4n) is 1.29. The van der Waals surface area contributed by atoms with Crippen molar-refractivity contribution in [3.63, 3.8) is 0 Å². The molecule has 68 valence electrons. The summed E-state index contributed by atoms with van der Waals surface area (Å²) >= 11 is 0. The van der Waals surface area contributed by atoms with Gasteiger partial charge in [0.05, 0.1) is 6.10 Å². The van der Waals surface area contributed by atoms with Gasteiger partial charge in [0, 0.05) is 13.2 Å². The highest BCUT2D eigenvalue weighted by atomic mass is 16.5. The monoisotopic (exact) mass is 159 g/mol. The van der Waals surface area contributed by atoms with Crippen LogP contribution in [0.25, 0.3) is 0 Å². The summed E-state index contributed by atoms with van der Waals surface area (Å²) < 4.78 is 5.25. The summed E-state index contributed by atoms with van der Waals surface area (Å²) in [6, 6.07) is 0.523. The molecule has 2 heteroatoms. The Bertz CT molecular complexity index is 91.6. The van der Waals surface area contributed by atoms with E-state index in [9.17, 15) is 0 Å². The fraction of sp³-hybridized carbons (Fsp3) is 1.00. The first-order valence-corrected chi connectivity index (χ1v) is 4.44. The Morgan fingerprint density at radius 1 is 1.18 bits per heavy atom. The Balaban J connectivity index is 3.86. The second kappa shape index (κ2) is 5.56. The molecular weight excluding hydrogens is 138 g/mol. The fourth-order valence-corrected chi connectivity index (χ4v) is 1.29. The Morgan fingerprint density at radius 2 is 1.64 bits per heavy atom. The molecule has 0 bridgehead atoms. The van der Waals surface area contributed by atoms with Crippen molar-refractivity contribution in [2.24, 2.45) is 0 Å². The van der Waals surface area contributed by atoms with E-state index in [1.807, 2.05) is 0 Å². The molecule has 0 aromatic rings.